The lowest BCUT2D eigenvalue weighted by molar-refractivity contribution is -0.133. The van der Waals surface area contributed by atoms with Crippen molar-refractivity contribution in [2.75, 3.05) is 19.1 Å². The molecule has 8 nitrogen and oxygen atoms in total. The third-order valence-corrected chi connectivity index (χ3v) is 3.54. The van der Waals surface area contributed by atoms with Crippen molar-refractivity contribution >= 4 is 29.2 Å². The average Bonchev–Trinajstić information content (AvgIpc) is 3.08. The number of carbonyl (C=O) groups excluding carboxylic acids is 3. The highest BCUT2D eigenvalue weighted by Crippen LogP contribution is 2.34. The normalized spacial score (nSPS) is 23.0. The van der Waals surface area contributed by atoms with E-state index in [4.69, 9.17) is 9.57 Å². The zero-order valence-electron chi connectivity index (χ0n) is 11.8. The van der Waals surface area contributed by atoms with Gasteiger partial charge in [0.2, 0.25) is 12.0 Å². The monoisotopic (exact) mass is 304 g/mol. The number of oxime groups is 1. The molecule has 0 saturated carbocycles. The number of rotatable bonds is 3. The summed E-state index contributed by atoms with van der Waals surface area (Å²) in [6, 6.07) is 6.40. The van der Waals surface area contributed by atoms with E-state index in [1.807, 2.05) is 0 Å². The number of hydrogen-bond acceptors (Lipinski definition) is 7. The molecular formula is C14H12N2O6. The number of anilines is 1. The van der Waals surface area contributed by atoms with Crippen LogP contribution in [0.2, 0.25) is 0 Å². The number of amides is 2. The molecule has 0 unspecified atom stereocenters. The maximum absolute atomic E-state index is 12.5. The first-order valence-electron chi connectivity index (χ1n) is 6.42. The SMILES string of the molecule is COC(=O)C1=NO[C@@H]2C(=O)N(c3ccc(OC)cc3)C(=O)[C@@H]12. The molecule has 2 heterocycles. The minimum atomic E-state index is -1.12. The molecule has 0 bridgehead atoms. The number of ether oxygens (including phenoxy) is 2. The second-order valence-electron chi connectivity index (χ2n) is 4.68. The van der Waals surface area contributed by atoms with Gasteiger partial charge in [-0.15, -0.1) is 0 Å². The van der Waals surface area contributed by atoms with Crippen molar-refractivity contribution in [3.8, 4) is 5.75 Å². The fraction of sp³-hybridized carbons (Fsp3) is 0.286. The van der Waals surface area contributed by atoms with Crippen molar-refractivity contribution in [1.82, 2.24) is 0 Å². The Balaban J connectivity index is 1.92. The summed E-state index contributed by atoms with van der Waals surface area (Å²) in [5.41, 5.74) is 0.180. The second kappa shape index (κ2) is 5.14. The van der Waals surface area contributed by atoms with E-state index in [-0.39, 0.29) is 5.71 Å². The lowest BCUT2D eigenvalue weighted by atomic mass is 10.00. The highest BCUT2D eigenvalue weighted by Gasteiger charge is 2.57. The molecule has 0 radical (unpaired) electrons. The number of nitrogens with zero attached hydrogens (tertiary/aromatic N) is 2. The molecule has 114 valence electrons. The van der Waals surface area contributed by atoms with Crippen molar-refractivity contribution in [2.45, 2.75) is 6.10 Å². The van der Waals surface area contributed by atoms with E-state index in [1.165, 1.54) is 14.2 Å². The number of carbonyl (C=O) groups is 3. The van der Waals surface area contributed by atoms with E-state index in [0.29, 0.717) is 11.4 Å². The summed E-state index contributed by atoms with van der Waals surface area (Å²) in [5, 5.41) is 3.50. The van der Waals surface area contributed by atoms with Crippen LogP contribution in [0.1, 0.15) is 0 Å². The van der Waals surface area contributed by atoms with Gasteiger partial charge in [-0.05, 0) is 24.3 Å². The summed E-state index contributed by atoms with van der Waals surface area (Å²) in [6.45, 7) is 0. The molecule has 1 saturated heterocycles. The number of benzene rings is 1. The van der Waals surface area contributed by atoms with Gasteiger partial charge in [0.05, 0.1) is 19.9 Å². The summed E-state index contributed by atoms with van der Waals surface area (Å²) in [5.74, 6) is -2.40. The first-order valence-corrected chi connectivity index (χ1v) is 6.42. The molecule has 1 aromatic rings. The molecule has 1 aromatic carbocycles. The van der Waals surface area contributed by atoms with Crippen LogP contribution in [0, 0.1) is 5.92 Å². The highest BCUT2D eigenvalue weighted by atomic mass is 16.7. The third-order valence-electron chi connectivity index (χ3n) is 3.54. The van der Waals surface area contributed by atoms with Gasteiger partial charge < -0.3 is 14.3 Å². The van der Waals surface area contributed by atoms with Crippen LogP contribution in [0.25, 0.3) is 0 Å². The van der Waals surface area contributed by atoms with Crippen LogP contribution in [0.5, 0.6) is 5.75 Å². The zero-order chi connectivity index (χ0) is 15.9. The lowest BCUT2D eigenvalue weighted by Gasteiger charge is -2.15. The van der Waals surface area contributed by atoms with Gasteiger partial charge in [0.15, 0.2) is 5.71 Å². The molecule has 2 aliphatic rings. The topological polar surface area (TPSA) is 94.5 Å². The van der Waals surface area contributed by atoms with E-state index < -0.39 is 29.8 Å². The molecule has 3 rings (SSSR count). The van der Waals surface area contributed by atoms with E-state index >= 15 is 0 Å². The third kappa shape index (κ3) is 1.92. The summed E-state index contributed by atoms with van der Waals surface area (Å²) >= 11 is 0. The van der Waals surface area contributed by atoms with Crippen molar-refractivity contribution in [2.24, 2.45) is 11.1 Å². The minimum Gasteiger partial charge on any atom is -0.497 e. The predicted molar refractivity (Wildman–Crippen MR) is 73.3 cm³/mol. The molecule has 2 amide bonds. The Hall–Kier alpha value is -2.90. The van der Waals surface area contributed by atoms with Crippen LogP contribution in [-0.2, 0) is 24.0 Å². The van der Waals surface area contributed by atoms with E-state index in [1.54, 1.807) is 24.3 Å². The predicted octanol–water partition coefficient (Wildman–Crippen LogP) is 0.112. The van der Waals surface area contributed by atoms with Gasteiger partial charge in [-0.3, -0.25) is 9.59 Å². The van der Waals surface area contributed by atoms with Crippen LogP contribution in [0.3, 0.4) is 0 Å². The first-order chi connectivity index (χ1) is 10.6. The molecule has 0 aromatic heterocycles. The van der Waals surface area contributed by atoms with Crippen molar-refractivity contribution in [3.05, 3.63) is 24.3 Å². The van der Waals surface area contributed by atoms with Gasteiger partial charge in [0.25, 0.3) is 5.91 Å². The summed E-state index contributed by atoms with van der Waals surface area (Å²) in [4.78, 5) is 42.3. The Bertz CT molecular complexity index is 681. The van der Waals surface area contributed by atoms with Crippen LogP contribution in [0.15, 0.2) is 29.4 Å². The molecular weight excluding hydrogens is 292 g/mol. The standard InChI is InChI=1S/C14H12N2O6/c1-20-8-5-3-7(4-6-8)16-12(17)9-10(14(19)21-2)15-22-11(9)13(16)18/h3-6,9,11H,1-2H3/t9-,11-/m0/s1. The van der Waals surface area contributed by atoms with Gasteiger partial charge in [0.1, 0.15) is 11.7 Å². The molecule has 0 N–H and O–H groups in total. The lowest BCUT2D eigenvalue weighted by Crippen LogP contribution is -2.34. The Kier molecular flexibility index (Phi) is 3.28. The number of fused-ring (bicyclic) bond motifs is 1. The van der Waals surface area contributed by atoms with E-state index in [0.717, 1.165) is 4.90 Å². The number of esters is 1. The van der Waals surface area contributed by atoms with Gasteiger partial charge in [-0.25, -0.2) is 9.69 Å². The zero-order valence-corrected chi connectivity index (χ0v) is 11.8. The van der Waals surface area contributed by atoms with Gasteiger partial charge in [0, 0.05) is 0 Å². The Morgan fingerprint density at radius 2 is 1.86 bits per heavy atom. The number of imide groups is 1. The first kappa shape index (κ1) is 14.1. The number of methoxy groups -OCH3 is 2. The maximum atomic E-state index is 12.5. The van der Waals surface area contributed by atoms with E-state index in [9.17, 15) is 14.4 Å². The molecule has 0 spiro atoms. The smallest absolute Gasteiger partial charge is 0.356 e. The van der Waals surface area contributed by atoms with Gasteiger partial charge in [-0.1, -0.05) is 5.16 Å². The quantitative estimate of drug-likeness (QED) is 0.581. The van der Waals surface area contributed by atoms with Crippen molar-refractivity contribution in [3.63, 3.8) is 0 Å². The highest BCUT2D eigenvalue weighted by molar-refractivity contribution is 6.46. The molecule has 0 aliphatic carbocycles. The second-order valence-corrected chi connectivity index (χ2v) is 4.68. The fourth-order valence-electron chi connectivity index (χ4n) is 2.44. The fourth-order valence-corrected chi connectivity index (χ4v) is 2.44. The molecule has 2 atom stereocenters. The maximum Gasteiger partial charge on any atom is 0.356 e. The molecule has 22 heavy (non-hydrogen) atoms. The van der Waals surface area contributed by atoms with Crippen LogP contribution in [0.4, 0.5) is 5.69 Å². The van der Waals surface area contributed by atoms with Crippen LogP contribution in [-0.4, -0.2) is 43.8 Å². The Morgan fingerprint density at radius 3 is 2.45 bits per heavy atom. The molecule has 1 fully saturated rings. The van der Waals surface area contributed by atoms with Crippen molar-refractivity contribution < 1.29 is 28.7 Å². The summed E-state index contributed by atoms with van der Waals surface area (Å²) in [7, 11) is 2.68. The largest absolute Gasteiger partial charge is 0.497 e. The van der Waals surface area contributed by atoms with Crippen molar-refractivity contribution in [1.29, 1.82) is 0 Å². The Morgan fingerprint density at radius 1 is 1.18 bits per heavy atom. The summed E-state index contributed by atoms with van der Waals surface area (Å²) in [6.07, 6.45) is -1.12. The summed E-state index contributed by atoms with van der Waals surface area (Å²) < 4.78 is 9.58. The van der Waals surface area contributed by atoms with Gasteiger partial charge >= 0.3 is 5.97 Å². The molecule has 8 heteroatoms. The van der Waals surface area contributed by atoms with E-state index in [2.05, 4.69) is 9.89 Å². The van der Waals surface area contributed by atoms with Gasteiger partial charge in [-0.2, -0.15) is 0 Å². The van der Waals surface area contributed by atoms with Crippen LogP contribution >= 0.6 is 0 Å². The minimum absolute atomic E-state index is 0.193. The number of hydrogen-bond donors (Lipinski definition) is 0. The van der Waals surface area contributed by atoms with Crippen LogP contribution < -0.4 is 9.64 Å². The Labute approximate surface area is 125 Å². The molecule has 2 aliphatic heterocycles. The average molecular weight is 304 g/mol.